The van der Waals surface area contributed by atoms with Crippen LogP contribution in [0.15, 0.2) is 79.5 Å². The fraction of sp³-hybridized carbons (Fsp3) is 0.400. The molecule has 1 aromatic heterocycles. The van der Waals surface area contributed by atoms with Gasteiger partial charge in [-0.25, -0.2) is 9.78 Å². The summed E-state index contributed by atoms with van der Waals surface area (Å²) in [6, 6.07) is 17.7. The van der Waals surface area contributed by atoms with Crippen molar-refractivity contribution in [1.29, 1.82) is 0 Å². The van der Waals surface area contributed by atoms with Gasteiger partial charge in [0.15, 0.2) is 0 Å². The standard InChI is InChI=1S/C35H42F3N7O2/c1-4-33(46)42-30-20-29(15-16-31(30)44-19-18-43(3)24(2)23-44)45(34(47)40-21-25-8-6-5-7-9-25)28-13-11-27(12-14-28)41-32-17-10-26(22-39-32)35(36,37)38/h4-10,15-17,20,22,24,27-28H,1,11-14,18-19,21,23H2,2-3H3,(H,39,41)(H,40,47)(H,42,46)/t24-,27?,28?/m0/s1. The minimum Gasteiger partial charge on any atom is -0.367 e. The number of amides is 3. The van der Waals surface area contributed by atoms with Crippen molar-refractivity contribution in [3.05, 3.63) is 90.6 Å². The molecule has 3 aromatic rings. The Bertz CT molecular complexity index is 1530. The highest BCUT2D eigenvalue weighted by atomic mass is 19.4. The molecule has 47 heavy (non-hydrogen) atoms. The lowest BCUT2D eigenvalue weighted by Crippen LogP contribution is -2.50. The van der Waals surface area contributed by atoms with E-state index in [0.717, 1.165) is 43.1 Å². The number of carbonyl (C=O) groups excluding carboxylic acids is 2. The first-order valence-electron chi connectivity index (χ1n) is 15.9. The zero-order chi connectivity index (χ0) is 33.6. The molecule has 2 aromatic carbocycles. The van der Waals surface area contributed by atoms with Gasteiger partial charge in [-0.15, -0.1) is 0 Å². The van der Waals surface area contributed by atoms with Gasteiger partial charge in [0.2, 0.25) is 5.91 Å². The lowest BCUT2D eigenvalue weighted by molar-refractivity contribution is -0.137. The van der Waals surface area contributed by atoms with Gasteiger partial charge in [-0.3, -0.25) is 9.69 Å². The highest BCUT2D eigenvalue weighted by Gasteiger charge is 2.33. The number of hydrogen-bond acceptors (Lipinski definition) is 6. The number of urea groups is 1. The van der Waals surface area contributed by atoms with Crippen molar-refractivity contribution in [1.82, 2.24) is 15.2 Å². The van der Waals surface area contributed by atoms with Gasteiger partial charge in [0.05, 0.1) is 16.9 Å². The molecule has 1 saturated carbocycles. The Hall–Kier alpha value is -4.58. The van der Waals surface area contributed by atoms with E-state index in [1.165, 1.54) is 12.1 Å². The van der Waals surface area contributed by atoms with Crippen LogP contribution in [0, 0.1) is 0 Å². The molecule has 12 heteroatoms. The Morgan fingerprint density at radius 2 is 1.79 bits per heavy atom. The van der Waals surface area contributed by atoms with Crippen LogP contribution in [0.5, 0.6) is 0 Å². The highest BCUT2D eigenvalue weighted by Crippen LogP contribution is 2.36. The minimum absolute atomic E-state index is 0.00578. The van der Waals surface area contributed by atoms with Crippen molar-refractivity contribution in [3.63, 3.8) is 0 Å². The summed E-state index contributed by atoms with van der Waals surface area (Å²) in [5.74, 6) is 0.0458. The fourth-order valence-corrected chi connectivity index (χ4v) is 6.19. The van der Waals surface area contributed by atoms with Crippen LogP contribution in [0.1, 0.15) is 43.7 Å². The van der Waals surface area contributed by atoms with Crippen LogP contribution in [0.3, 0.4) is 0 Å². The van der Waals surface area contributed by atoms with E-state index in [9.17, 15) is 22.8 Å². The Balaban J connectivity index is 1.37. The normalized spacial score (nSPS) is 20.3. The van der Waals surface area contributed by atoms with E-state index in [1.807, 2.05) is 48.5 Å². The summed E-state index contributed by atoms with van der Waals surface area (Å²) in [6.45, 7) is 8.60. The molecule has 0 radical (unpaired) electrons. The second kappa shape index (κ2) is 14.9. The summed E-state index contributed by atoms with van der Waals surface area (Å²) in [5.41, 5.74) is 2.32. The number of piperazine rings is 1. The van der Waals surface area contributed by atoms with E-state index in [2.05, 4.69) is 51.3 Å². The van der Waals surface area contributed by atoms with Gasteiger partial charge in [0, 0.05) is 56.2 Å². The first kappa shape index (κ1) is 33.8. The van der Waals surface area contributed by atoms with Crippen LogP contribution >= 0.6 is 0 Å². The second-order valence-corrected chi connectivity index (χ2v) is 12.3. The molecule has 5 rings (SSSR count). The third-order valence-electron chi connectivity index (χ3n) is 9.01. The quantitative estimate of drug-likeness (QED) is 0.229. The third-order valence-corrected chi connectivity index (χ3v) is 9.01. The van der Waals surface area contributed by atoms with E-state index in [0.29, 0.717) is 55.5 Å². The molecule has 250 valence electrons. The molecule has 3 amide bonds. The SMILES string of the molecule is C=CC(=O)Nc1cc(N(C(=O)NCc2ccccc2)C2CCC(Nc3ccc(C(F)(F)F)cn3)CC2)ccc1N1CCN(C)[C@@H](C)C1. The van der Waals surface area contributed by atoms with E-state index in [4.69, 9.17) is 0 Å². The smallest absolute Gasteiger partial charge is 0.367 e. The molecule has 0 spiro atoms. The van der Waals surface area contributed by atoms with Crippen LogP contribution < -0.4 is 25.8 Å². The highest BCUT2D eigenvalue weighted by molar-refractivity contribution is 6.02. The van der Waals surface area contributed by atoms with Crippen molar-refractivity contribution in [2.75, 3.05) is 47.1 Å². The number of alkyl halides is 3. The van der Waals surface area contributed by atoms with Crippen molar-refractivity contribution in [3.8, 4) is 0 Å². The molecular weight excluding hydrogens is 607 g/mol. The van der Waals surface area contributed by atoms with Gasteiger partial charge in [-0.2, -0.15) is 13.2 Å². The number of benzene rings is 2. The number of hydrogen-bond donors (Lipinski definition) is 3. The number of aromatic nitrogens is 1. The van der Waals surface area contributed by atoms with Crippen molar-refractivity contribution < 1.29 is 22.8 Å². The zero-order valence-corrected chi connectivity index (χ0v) is 26.8. The largest absolute Gasteiger partial charge is 0.417 e. The molecule has 1 saturated heterocycles. The first-order valence-corrected chi connectivity index (χ1v) is 15.9. The number of halogens is 3. The maximum absolute atomic E-state index is 13.9. The van der Waals surface area contributed by atoms with Crippen LogP contribution in [0.25, 0.3) is 0 Å². The van der Waals surface area contributed by atoms with Gasteiger partial charge < -0.3 is 25.8 Å². The number of likely N-dealkylation sites (N-methyl/N-ethyl adjacent to an activating group) is 1. The topological polar surface area (TPSA) is 92.8 Å². The van der Waals surface area contributed by atoms with E-state index < -0.39 is 11.7 Å². The van der Waals surface area contributed by atoms with Gasteiger partial charge in [-0.1, -0.05) is 36.9 Å². The number of carbonyl (C=O) groups is 2. The van der Waals surface area contributed by atoms with Crippen LogP contribution in [-0.4, -0.2) is 66.6 Å². The Labute approximate surface area is 273 Å². The summed E-state index contributed by atoms with van der Waals surface area (Å²) in [7, 11) is 2.10. The molecule has 3 N–H and O–H groups in total. The molecule has 1 aliphatic carbocycles. The Morgan fingerprint density at radius 3 is 2.43 bits per heavy atom. The summed E-state index contributed by atoms with van der Waals surface area (Å²) in [4.78, 5) is 36.8. The summed E-state index contributed by atoms with van der Waals surface area (Å²) >= 11 is 0. The number of pyridine rings is 1. The van der Waals surface area contributed by atoms with Crippen LogP contribution in [0.2, 0.25) is 0 Å². The molecule has 1 aliphatic heterocycles. The molecule has 9 nitrogen and oxygen atoms in total. The maximum Gasteiger partial charge on any atom is 0.417 e. The third kappa shape index (κ3) is 8.62. The molecular formula is C35H42F3N7O2. The monoisotopic (exact) mass is 649 g/mol. The predicted molar refractivity (Wildman–Crippen MR) is 180 cm³/mol. The van der Waals surface area contributed by atoms with E-state index in [1.54, 1.807) is 4.90 Å². The van der Waals surface area contributed by atoms with E-state index >= 15 is 0 Å². The fourth-order valence-electron chi connectivity index (χ4n) is 6.19. The number of anilines is 4. The van der Waals surface area contributed by atoms with Crippen LogP contribution in [-0.2, 0) is 17.5 Å². The van der Waals surface area contributed by atoms with Gasteiger partial charge in [0.25, 0.3) is 0 Å². The molecule has 2 aliphatic rings. The predicted octanol–water partition coefficient (Wildman–Crippen LogP) is 6.50. The van der Waals surface area contributed by atoms with Gasteiger partial charge in [0.1, 0.15) is 5.82 Å². The molecule has 2 heterocycles. The Morgan fingerprint density at radius 1 is 1.04 bits per heavy atom. The molecule has 1 atom stereocenters. The number of nitrogens with one attached hydrogen (secondary N) is 3. The number of rotatable bonds is 9. The summed E-state index contributed by atoms with van der Waals surface area (Å²) < 4.78 is 38.9. The van der Waals surface area contributed by atoms with Crippen LogP contribution in [0.4, 0.5) is 40.8 Å². The lowest BCUT2D eigenvalue weighted by atomic mass is 9.89. The summed E-state index contributed by atoms with van der Waals surface area (Å²) in [6.07, 6.45) is 0.311. The van der Waals surface area contributed by atoms with Crippen molar-refractivity contribution in [2.24, 2.45) is 0 Å². The second-order valence-electron chi connectivity index (χ2n) is 12.3. The molecule has 2 fully saturated rings. The van der Waals surface area contributed by atoms with Crippen molar-refractivity contribution >= 4 is 34.8 Å². The molecule has 0 bridgehead atoms. The Kier molecular flexibility index (Phi) is 10.7. The summed E-state index contributed by atoms with van der Waals surface area (Å²) in [5, 5.41) is 9.30. The average molecular weight is 650 g/mol. The van der Waals surface area contributed by atoms with Gasteiger partial charge in [-0.05, 0) is 81.6 Å². The number of nitrogens with zero attached hydrogens (tertiary/aromatic N) is 4. The maximum atomic E-state index is 13.9. The first-order chi connectivity index (χ1) is 22.5. The van der Waals surface area contributed by atoms with Gasteiger partial charge >= 0.3 is 12.2 Å². The average Bonchev–Trinajstić information content (AvgIpc) is 3.06. The lowest BCUT2D eigenvalue weighted by Gasteiger charge is -2.40. The minimum atomic E-state index is -4.44. The molecule has 0 unspecified atom stereocenters. The zero-order valence-electron chi connectivity index (χ0n) is 26.8. The van der Waals surface area contributed by atoms with E-state index in [-0.39, 0.29) is 24.0 Å². The van der Waals surface area contributed by atoms with Crippen molar-refractivity contribution in [2.45, 2.75) is 63.5 Å².